The molecule has 1 fully saturated rings. The second-order valence-corrected chi connectivity index (χ2v) is 6.77. The van der Waals surface area contributed by atoms with Gasteiger partial charge in [-0.1, -0.05) is 19.3 Å². The summed E-state index contributed by atoms with van der Waals surface area (Å²) in [6.45, 7) is 3.13. The van der Waals surface area contributed by atoms with Crippen LogP contribution in [0.15, 0.2) is 24.5 Å². The molecule has 0 aromatic carbocycles. The Labute approximate surface area is 140 Å². The van der Waals surface area contributed by atoms with Gasteiger partial charge in [-0.25, -0.2) is 4.79 Å². The fourth-order valence-corrected chi connectivity index (χ4v) is 3.07. The molecule has 0 radical (unpaired) electrons. The normalized spacial score (nSPS) is 15.6. The Bertz CT molecular complexity index is 457. The Balaban J connectivity index is 1.87. The van der Waals surface area contributed by atoms with Crippen LogP contribution in [0, 0.1) is 5.92 Å². The van der Waals surface area contributed by atoms with E-state index in [0.29, 0.717) is 12.5 Å². The van der Waals surface area contributed by atoms with E-state index < -0.39 is 0 Å². The molecule has 0 spiro atoms. The largest absolute Gasteiger partial charge is 0.334 e. The fraction of sp³-hybridized carbons (Fsp3) is 0.667. The Morgan fingerprint density at radius 1 is 1.17 bits per heavy atom. The molecule has 1 aromatic heterocycles. The highest BCUT2D eigenvalue weighted by molar-refractivity contribution is 5.74. The predicted octanol–water partition coefficient (Wildman–Crippen LogP) is 2.74. The van der Waals surface area contributed by atoms with Gasteiger partial charge in [0.15, 0.2) is 0 Å². The maximum Gasteiger partial charge on any atom is 0.317 e. The topological polar surface area (TPSA) is 48.5 Å². The van der Waals surface area contributed by atoms with E-state index in [1.165, 1.54) is 32.1 Å². The minimum Gasteiger partial charge on any atom is -0.334 e. The molecule has 2 amide bonds. The van der Waals surface area contributed by atoms with E-state index >= 15 is 0 Å². The fourth-order valence-electron chi connectivity index (χ4n) is 3.07. The Morgan fingerprint density at radius 3 is 2.52 bits per heavy atom. The Morgan fingerprint density at radius 2 is 1.87 bits per heavy atom. The van der Waals surface area contributed by atoms with Gasteiger partial charge in [0.1, 0.15) is 0 Å². The highest BCUT2D eigenvalue weighted by atomic mass is 16.2. The van der Waals surface area contributed by atoms with Crippen LogP contribution < -0.4 is 5.32 Å². The average Bonchev–Trinajstić information content (AvgIpc) is 2.58. The SMILES string of the molecule is CN(C)CCN(CC1CCCCC1)C(=O)NCc1ccncc1. The van der Waals surface area contributed by atoms with Crippen molar-refractivity contribution in [3.8, 4) is 0 Å². The summed E-state index contributed by atoms with van der Waals surface area (Å²) in [6.07, 6.45) is 10.0. The van der Waals surface area contributed by atoms with E-state index in [1.807, 2.05) is 31.1 Å². The number of carbonyl (C=O) groups excluding carboxylic acids is 1. The minimum absolute atomic E-state index is 0.0502. The third-order valence-electron chi connectivity index (χ3n) is 4.50. The highest BCUT2D eigenvalue weighted by Crippen LogP contribution is 2.24. The van der Waals surface area contributed by atoms with Crippen molar-refractivity contribution in [1.82, 2.24) is 20.1 Å². The van der Waals surface area contributed by atoms with Crippen LogP contribution in [-0.4, -0.2) is 54.5 Å². The zero-order valence-corrected chi connectivity index (χ0v) is 14.5. The first-order valence-corrected chi connectivity index (χ1v) is 8.71. The molecule has 0 aliphatic heterocycles. The van der Waals surface area contributed by atoms with Gasteiger partial charge in [0.2, 0.25) is 0 Å². The van der Waals surface area contributed by atoms with Crippen molar-refractivity contribution in [3.05, 3.63) is 30.1 Å². The maximum absolute atomic E-state index is 12.6. The molecule has 1 aromatic rings. The number of nitrogens with zero attached hydrogens (tertiary/aromatic N) is 3. The first kappa shape index (κ1) is 17.7. The lowest BCUT2D eigenvalue weighted by Gasteiger charge is -2.30. The van der Waals surface area contributed by atoms with Crippen molar-refractivity contribution in [2.75, 3.05) is 33.7 Å². The number of hydrogen-bond acceptors (Lipinski definition) is 3. The van der Waals surface area contributed by atoms with E-state index in [9.17, 15) is 4.79 Å². The van der Waals surface area contributed by atoms with Crippen molar-refractivity contribution in [1.29, 1.82) is 0 Å². The van der Waals surface area contributed by atoms with E-state index in [4.69, 9.17) is 0 Å². The van der Waals surface area contributed by atoms with Crippen LogP contribution in [0.2, 0.25) is 0 Å². The number of amides is 2. The molecule has 128 valence electrons. The number of likely N-dealkylation sites (N-methyl/N-ethyl adjacent to an activating group) is 1. The summed E-state index contributed by atoms with van der Waals surface area (Å²) in [4.78, 5) is 20.7. The summed E-state index contributed by atoms with van der Waals surface area (Å²) < 4.78 is 0. The summed E-state index contributed by atoms with van der Waals surface area (Å²) in [5.41, 5.74) is 1.08. The number of pyridine rings is 1. The summed E-state index contributed by atoms with van der Waals surface area (Å²) >= 11 is 0. The van der Waals surface area contributed by atoms with Crippen molar-refractivity contribution in [2.24, 2.45) is 5.92 Å². The van der Waals surface area contributed by atoms with Gasteiger partial charge in [-0.3, -0.25) is 4.98 Å². The van der Waals surface area contributed by atoms with Crippen LogP contribution in [-0.2, 0) is 6.54 Å². The molecule has 2 rings (SSSR count). The summed E-state index contributed by atoms with van der Waals surface area (Å²) in [6, 6.07) is 3.92. The molecule has 1 aliphatic carbocycles. The molecule has 1 aliphatic rings. The lowest BCUT2D eigenvalue weighted by molar-refractivity contribution is 0.171. The van der Waals surface area contributed by atoms with Crippen molar-refractivity contribution in [2.45, 2.75) is 38.6 Å². The first-order chi connectivity index (χ1) is 11.1. The highest BCUT2D eigenvalue weighted by Gasteiger charge is 2.20. The van der Waals surface area contributed by atoms with E-state index in [2.05, 4.69) is 15.2 Å². The lowest BCUT2D eigenvalue weighted by atomic mass is 9.89. The van der Waals surface area contributed by atoms with E-state index in [1.54, 1.807) is 12.4 Å². The molecular formula is C18H30N4O. The number of aromatic nitrogens is 1. The van der Waals surface area contributed by atoms with Crippen molar-refractivity contribution < 1.29 is 4.79 Å². The lowest BCUT2D eigenvalue weighted by Crippen LogP contribution is -2.45. The zero-order valence-electron chi connectivity index (χ0n) is 14.5. The average molecular weight is 318 g/mol. The third kappa shape index (κ3) is 6.57. The number of rotatable bonds is 7. The van der Waals surface area contributed by atoms with Crippen LogP contribution >= 0.6 is 0 Å². The smallest absolute Gasteiger partial charge is 0.317 e. The van der Waals surface area contributed by atoms with Crippen LogP contribution in [0.25, 0.3) is 0 Å². The molecule has 1 N–H and O–H groups in total. The van der Waals surface area contributed by atoms with Crippen LogP contribution in [0.4, 0.5) is 4.79 Å². The molecule has 0 atom stereocenters. The third-order valence-corrected chi connectivity index (χ3v) is 4.50. The monoisotopic (exact) mass is 318 g/mol. The van der Waals surface area contributed by atoms with Crippen molar-refractivity contribution in [3.63, 3.8) is 0 Å². The molecule has 23 heavy (non-hydrogen) atoms. The number of hydrogen-bond donors (Lipinski definition) is 1. The molecule has 5 nitrogen and oxygen atoms in total. The second kappa shape index (κ2) is 9.50. The zero-order chi connectivity index (χ0) is 16.5. The molecule has 1 heterocycles. The van der Waals surface area contributed by atoms with Gasteiger partial charge in [-0.05, 0) is 50.6 Å². The molecule has 0 unspecified atom stereocenters. The molecular weight excluding hydrogens is 288 g/mol. The quantitative estimate of drug-likeness (QED) is 0.841. The van der Waals surface area contributed by atoms with Crippen LogP contribution in [0.1, 0.15) is 37.7 Å². The van der Waals surface area contributed by atoms with Crippen LogP contribution in [0.3, 0.4) is 0 Å². The molecule has 0 bridgehead atoms. The Hall–Kier alpha value is -1.62. The van der Waals surface area contributed by atoms with Gasteiger partial charge in [-0.2, -0.15) is 0 Å². The van der Waals surface area contributed by atoms with Crippen LogP contribution in [0.5, 0.6) is 0 Å². The maximum atomic E-state index is 12.6. The second-order valence-electron chi connectivity index (χ2n) is 6.77. The minimum atomic E-state index is 0.0502. The van der Waals surface area contributed by atoms with Gasteiger partial charge < -0.3 is 15.1 Å². The van der Waals surface area contributed by atoms with Gasteiger partial charge in [0.05, 0.1) is 0 Å². The standard InChI is InChI=1S/C18H30N4O/c1-21(2)12-13-22(15-17-6-4-3-5-7-17)18(23)20-14-16-8-10-19-11-9-16/h8-11,17H,3-7,12-15H2,1-2H3,(H,20,23). The predicted molar refractivity (Wildman–Crippen MR) is 93.2 cm³/mol. The van der Waals surface area contributed by atoms with Gasteiger partial charge in [0.25, 0.3) is 0 Å². The van der Waals surface area contributed by atoms with Gasteiger partial charge >= 0.3 is 6.03 Å². The number of urea groups is 1. The molecule has 1 saturated carbocycles. The number of nitrogens with one attached hydrogen (secondary N) is 1. The van der Waals surface area contributed by atoms with Gasteiger partial charge in [-0.15, -0.1) is 0 Å². The van der Waals surface area contributed by atoms with Crippen molar-refractivity contribution >= 4 is 6.03 Å². The molecule has 0 saturated heterocycles. The summed E-state index contributed by atoms with van der Waals surface area (Å²) in [5.74, 6) is 0.664. The summed E-state index contributed by atoms with van der Waals surface area (Å²) in [7, 11) is 4.10. The van der Waals surface area contributed by atoms with E-state index in [0.717, 1.165) is 25.2 Å². The Kier molecular flexibility index (Phi) is 7.33. The summed E-state index contributed by atoms with van der Waals surface area (Å²) in [5, 5.41) is 3.05. The first-order valence-electron chi connectivity index (χ1n) is 8.71. The molecule has 5 heteroatoms. The van der Waals surface area contributed by atoms with Gasteiger partial charge in [0, 0.05) is 38.6 Å². The van der Waals surface area contributed by atoms with E-state index in [-0.39, 0.29) is 6.03 Å². The number of carbonyl (C=O) groups is 1.